The summed E-state index contributed by atoms with van der Waals surface area (Å²) >= 11 is 3.37. The van der Waals surface area contributed by atoms with Gasteiger partial charge in [-0.05, 0) is 50.2 Å². The van der Waals surface area contributed by atoms with E-state index in [1.807, 2.05) is 37.3 Å². The third-order valence-corrected chi connectivity index (χ3v) is 7.35. The highest BCUT2D eigenvalue weighted by molar-refractivity contribution is 9.09. The number of carbonyl (C=O) groups is 1. The summed E-state index contributed by atoms with van der Waals surface area (Å²) in [7, 11) is -3.56. The van der Waals surface area contributed by atoms with E-state index in [0.29, 0.717) is 53.2 Å². The zero-order valence-corrected chi connectivity index (χ0v) is 20.5. The van der Waals surface area contributed by atoms with Crippen LogP contribution in [0.4, 0.5) is 5.82 Å². The van der Waals surface area contributed by atoms with E-state index in [4.69, 9.17) is 10.2 Å². The van der Waals surface area contributed by atoms with Crippen LogP contribution in [0.3, 0.4) is 0 Å². The van der Waals surface area contributed by atoms with Gasteiger partial charge in [0, 0.05) is 17.4 Å². The van der Waals surface area contributed by atoms with Crippen molar-refractivity contribution in [3.63, 3.8) is 0 Å². The van der Waals surface area contributed by atoms with Gasteiger partial charge in [0.2, 0.25) is 15.7 Å². The molecule has 1 aliphatic carbocycles. The second-order valence-corrected chi connectivity index (χ2v) is 11.1. The number of alkyl halides is 1. The number of amides is 1. The molecule has 4 rings (SSSR count). The van der Waals surface area contributed by atoms with Crippen LogP contribution >= 0.6 is 15.9 Å². The molecule has 1 aromatic carbocycles. The Hall–Kier alpha value is -2.39. The Morgan fingerprint density at radius 3 is 2.53 bits per heavy atom. The normalized spacial score (nSPS) is 14.1. The Kier molecular flexibility index (Phi) is 6.31. The van der Waals surface area contributed by atoms with Gasteiger partial charge < -0.3 is 10.2 Å². The van der Waals surface area contributed by atoms with E-state index in [1.165, 1.54) is 10.6 Å². The number of nitrogens with two attached hydrogens (primary N) is 1. The molecule has 1 aliphatic rings. The number of primary amides is 1. The van der Waals surface area contributed by atoms with Crippen molar-refractivity contribution in [2.24, 2.45) is 11.7 Å². The predicted molar refractivity (Wildman–Crippen MR) is 130 cm³/mol. The molecule has 0 aliphatic heterocycles. The van der Waals surface area contributed by atoms with Gasteiger partial charge >= 0.3 is 0 Å². The molecule has 0 saturated heterocycles. The van der Waals surface area contributed by atoms with Gasteiger partial charge in [-0.1, -0.05) is 45.8 Å². The highest BCUT2D eigenvalue weighted by atomic mass is 79.9. The number of sulfonamides is 1. The minimum atomic E-state index is -3.56. The van der Waals surface area contributed by atoms with Crippen LogP contribution in [0.15, 0.2) is 34.7 Å². The van der Waals surface area contributed by atoms with E-state index >= 15 is 0 Å². The number of carbonyl (C=O) groups excluding carboxylic acids is 1. The second-order valence-electron chi connectivity index (χ2n) is 8.39. The lowest BCUT2D eigenvalue weighted by molar-refractivity contribution is 0.100. The van der Waals surface area contributed by atoms with Crippen LogP contribution in [0.2, 0.25) is 0 Å². The number of aromatic nitrogens is 1. The van der Waals surface area contributed by atoms with Crippen LogP contribution in [0, 0.1) is 12.8 Å². The van der Waals surface area contributed by atoms with Crippen molar-refractivity contribution in [1.82, 2.24) is 4.98 Å². The molecular weight excluding hydrogens is 494 g/mol. The lowest BCUT2D eigenvalue weighted by atomic mass is 10.0. The van der Waals surface area contributed by atoms with Gasteiger partial charge in [-0.3, -0.25) is 9.10 Å². The number of hydrogen-bond acceptors (Lipinski definition) is 5. The Balaban J connectivity index is 1.94. The van der Waals surface area contributed by atoms with Crippen LogP contribution in [0.5, 0.6) is 0 Å². The summed E-state index contributed by atoms with van der Waals surface area (Å²) in [4.78, 5) is 17.1. The highest BCUT2D eigenvalue weighted by Gasteiger charge is 2.30. The van der Waals surface area contributed by atoms with E-state index in [2.05, 4.69) is 20.9 Å². The number of rotatable bonds is 9. The molecule has 9 heteroatoms. The Bertz CT molecular complexity index is 1260. The standard InChI is InChI=1S/C23H26BrN3O4S/c1-14-4-8-16(9-5-14)20-19(21(25)28)18-13-17(12-15-6-7-15)22(26-23(18)31-20)27(11-3-10-24)32(2,29)30/h4-5,8-9,13,15H,3,6-7,10-12H2,1-2H3,(H2,25,28). The van der Waals surface area contributed by atoms with Crippen LogP contribution in [-0.2, 0) is 16.4 Å². The summed E-state index contributed by atoms with van der Waals surface area (Å²) in [6.45, 7) is 2.27. The summed E-state index contributed by atoms with van der Waals surface area (Å²) in [6.07, 6.45) is 4.71. The summed E-state index contributed by atoms with van der Waals surface area (Å²) in [5.74, 6) is 0.602. The Morgan fingerprint density at radius 2 is 1.97 bits per heavy atom. The topological polar surface area (TPSA) is 106 Å². The molecule has 2 aromatic heterocycles. The van der Waals surface area contributed by atoms with Crippen LogP contribution in [0.25, 0.3) is 22.4 Å². The zero-order chi connectivity index (χ0) is 23.0. The first-order chi connectivity index (χ1) is 15.2. The Morgan fingerprint density at radius 1 is 1.28 bits per heavy atom. The molecule has 7 nitrogen and oxygen atoms in total. The molecule has 0 unspecified atom stereocenters. The minimum Gasteiger partial charge on any atom is -0.437 e. The van der Waals surface area contributed by atoms with Crippen molar-refractivity contribution in [1.29, 1.82) is 0 Å². The average Bonchev–Trinajstić information content (AvgIpc) is 3.45. The van der Waals surface area contributed by atoms with Crippen molar-refractivity contribution < 1.29 is 17.6 Å². The summed E-state index contributed by atoms with van der Waals surface area (Å²) in [6, 6.07) is 9.42. The molecule has 0 radical (unpaired) electrons. The number of furan rings is 1. The van der Waals surface area contributed by atoms with Gasteiger partial charge in [0.05, 0.1) is 17.2 Å². The van der Waals surface area contributed by atoms with E-state index in [9.17, 15) is 13.2 Å². The second kappa shape index (κ2) is 8.86. The van der Waals surface area contributed by atoms with E-state index in [0.717, 1.165) is 24.0 Å². The first kappa shape index (κ1) is 22.8. The van der Waals surface area contributed by atoms with Crippen LogP contribution < -0.4 is 10.0 Å². The molecule has 0 spiro atoms. The molecular formula is C23H26BrN3O4S. The molecule has 0 atom stereocenters. The molecule has 1 saturated carbocycles. The largest absolute Gasteiger partial charge is 0.437 e. The number of hydrogen-bond donors (Lipinski definition) is 1. The van der Waals surface area contributed by atoms with Gasteiger partial charge in [0.15, 0.2) is 0 Å². The fraction of sp³-hybridized carbons (Fsp3) is 0.391. The van der Waals surface area contributed by atoms with Gasteiger partial charge in [-0.15, -0.1) is 0 Å². The SMILES string of the molecule is Cc1ccc(-c2oc3nc(N(CCCBr)S(C)(=O)=O)c(CC4CC4)cc3c2C(N)=O)cc1. The molecule has 32 heavy (non-hydrogen) atoms. The quantitative estimate of drug-likeness (QED) is 0.421. The van der Waals surface area contributed by atoms with Crippen molar-refractivity contribution in [3.05, 3.63) is 47.0 Å². The molecule has 1 amide bonds. The van der Waals surface area contributed by atoms with Crippen molar-refractivity contribution in [2.45, 2.75) is 32.6 Å². The monoisotopic (exact) mass is 519 g/mol. The summed E-state index contributed by atoms with van der Waals surface area (Å²) < 4.78 is 32.6. The van der Waals surface area contributed by atoms with Crippen molar-refractivity contribution in [2.75, 3.05) is 22.4 Å². The van der Waals surface area contributed by atoms with Gasteiger partial charge in [0.1, 0.15) is 11.6 Å². The number of benzene rings is 1. The molecule has 1 fully saturated rings. The first-order valence-corrected chi connectivity index (χ1v) is 13.5. The van der Waals surface area contributed by atoms with E-state index in [-0.39, 0.29) is 11.3 Å². The predicted octanol–water partition coefficient (Wildman–Crippen LogP) is 4.41. The van der Waals surface area contributed by atoms with E-state index < -0.39 is 15.9 Å². The number of aryl methyl sites for hydroxylation is 1. The number of nitrogens with zero attached hydrogens (tertiary/aromatic N) is 2. The molecule has 2 heterocycles. The average molecular weight is 520 g/mol. The van der Waals surface area contributed by atoms with Gasteiger partial charge in [-0.2, -0.15) is 4.98 Å². The van der Waals surface area contributed by atoms with Crippen molar-refractivity contribution in [3.8, 4) is 11.3 Å². The van der Waals surface area contributed by atoms with E-state index in [1.54, 1.807) is 0 Å². The lowest BCUT2D eigenvalue weighted by Gasteiger charge is -2.23. The highest BCUT2D eigenvalue weighted by Crippen LogP contribution is 2.39. The third-order valence-electron chi connectivity index (χ3n) is 5.64. The van der Waals surface area contributed by atoms with Gasteiger partial charge in [0.25, 0.3) is 5.91 Å². The molecule has 3 aromatic rings. The maximum Gasteiger partial charge on any atom is 0.253 e. The first-order valence-electron chi connectivity index (χ1n) is 10.6. The summed E-state index contributed by atoms with van der Waals surface area (Å²) in [5, 5.41) is 1.19. The number of fused-ring (bicyclic) bond motifs is 1. The third kappa shape index (κ3) is 4.68. The number of anilines is 1. The minimum absolute atomic E-state index is 0.205. The zero-order valence-electron chi connectivity index (χ0n) is 18.1. The Labute approximate surface area is 196 Å². The maximum absolute atomic E-state index is 12.6. The summed E-state index contributed by atoms with van der Waals surface area (Å²) in [5.41, 5.74) is 8.81. The molecule has 2 N–H and O–H groups in total. The smallest absolute Gasteiger partial charge is 0.253 e. The lowest BCUT2D eigenvalue weighted by Crippen LogP contribution is -2.33. The maximum atomic E-state index is 12.6. The van der Waals surface area contributed by atoms with Crippen LogP contribution in [-0.4, -0.2) is 37.4 Å². The number of halogens is 1. The fourth-order valence-corrected chi connectivity index (χ4v) is 5.02. The van der Waals surface area contributed by atoms with Crippen LogP contribution in [0.1, 0.15) is 40.7 Å². The number of pyridine rings is 1. The molecule has 170 valence electrons. The molecule has 0 bridgehead atoms. The van der Waals surface area contributed by atoms with Gasteiger partial charge in [-0.25, -0.2) is 8.42 Å². The fourth-order valence-electron chi connectivity index (χ4n) is 3.84. The van der Waals surface area contributed by atoms with Crippen molar-refractivity contribution >= 4 is 48.8 Å².